The first-order valence-corrected chi connectivity index (χ1v) is 12.6. The van der Waals surface area contributed by atoms with Gasteiger partial charge in [0.05, 0.1) is 18.7 Å². The summed E-state index contributed by atoms with van der Waals surface area (Å²) in [7, 11) is 1.49. The van der Waals surface area contributed by atoms with E-state index in [0.717, 1.165) is 0 Å². The van der Waals surface area contributed by atoms with Crippen LogP contribution in [-0.4, -0.2) is 55.6 Å². The molecule has 0 saturated carbocycles. The normalized spacial score (nSPS) is 19.7. The average molecular weight is 546 g/mol. The molecule has 7 rings (SSSR count). The number of hydrogen-bond acceptors (Lipinski definition) is 10. The molecule has 4 heterocycles. The largest absolute Gasteiger partial charge is 0.507 e. The Labute approximate surface area is 228 Å². The minimum absolute atomic E-state index is 0.00370. The zero-order valence-electron chi connectivity index (χ0n) is 21.3. The van der Waals surface area contributed by atoms with Crippen LogP contribution in [0.25, 0.3) is 5.76 Å². The number of benzene rings is 3. The van der Waals surface area contributed by atoms with E-state index in [-0.39, 0.29) is 31.5 Å². The quantitative estimate of drug-likeness (QED) is 0.289. The maximum atomic E-state index is 13.6. The van der Waals surface area contributed by atoms with Crippen molar-refractivity contribution in [1.82, 2.24) is 4.90 Å². The lowest BCUT2D eigenvalue weighted by atomic mass is 9.94. The van der Waals surface area contributed by atoms with E-state index in [2.05, 4.69) is 0 Å². The highest BCUT2D eigenvalue weighted by molar-refractivity contribution is 6.46. The molecule has 40 heavy (non-hydrogen) atoms. The summed E-state index contributed by atoms with van der Waals surface area (Å²) in [6.45, 7) is 0.934. The summed E-state index contributed by atoms with van der Waals surface area (Å²) in [6, 6.07) is 12.6. The number of methoxy groups -OCH3 is 1. The van der Waals surface area contributed by atoms with Gasteiger partial charge in [-0.2, -0.15) is 0 Å². The number of ether oxygens (including phenoxy) is 7. The summed E-state index contributed by atoms with van der Waals surface area (Å²) in [4.78, 5) is 28.5. The first kappa shape index (κ1) is 24.0. The van der Waals surface area contributed by atoms with Crippen LogP contribution in [0.15, 0.2) is 54.1 Å². The molecule has 1 fully saturated rings. The van der Waals surface area contributed by atoms with Gasteiger partial charge in [-0.25, -0.2) is 0 Å². The molecule has 0 bridgehead atoms. The number of amides is 1. The van der Waals surface area contributed by atoms with E-state index in [1.54, 1.807) is 48.5 Å². The molecule has 11 nitrogen and oxygen atoms in total. The molecular weight excluding hydrogens is 522 g/mol. The molecule has 1 atom stereocenters. The number of nitrogens with zero attached hydrogens (tertiary/aromatic N) is 1. The third kappa shape index (κ3) is 3.81. The third-order valence-corrected chi connectivity index (χ3v) is 7.14. The summed E-state index contributed by atoms with van der Waals surface area (Å²) in [6.07, 6.45) is 0. The highest BCUT2D eigenvalue weighted by atomic mass is 16.7. The van der Waals surface area contributed by atoms with Gasteiger partial charge in [0.25, 0.3) is 11.7 Å². The van der Waals surface area contributed by atoms with Crippen molar-refractivity contribution in [3.05, 3.63) is 70.8 Å². The second kappa shape index (κ2) is 9.30. The van der Waals surface area contributed by atoms with Crippen LogP contribution in [0, 0.1) is 0 Å². The van der Waals surface area contributed by atoms with Gasteiger partial charge in [-0.15, -0.1) is 0 Å². The van der Waals surface area contributed by atoms with E-state index in [4.69, 9.17) is 33.2 Å². The van der Waals surface area contributed by atoms with Crippen molar-refractivity contribution in [2.24, 2.45) is 0 Å². The van der Waals surface area contributed by atoms with E-state index in [1.165, 1.54) is 12.0 Å². The fraction of sp³-hybridized carbons (Fsp3) is 0.241. The average Bonchev–Trinajstić information content (AvgIpc) is 3.71. The topological polar surface area (TPSA) is 122 Å². The van der Waals surface area contributed by atoms with Crippen molar-refractivity contribution in [3.63, 3.8) is 0 Å². The predicted molar refractivity (Wildman–Crippen MR) is 137 cm³/mol. The molecule has 1 unspecified atom stereocenters. The van der Waals surface area contributed by atoms with Crippen molar-refractivity contribution in [1.29, 1.82) is 0 Å². The van der Waals surface area contributed by atoms with Gasteiger partial charge in [-0.3, -0.25) is 9.59 Å². The maximum Gasteiger partial charge on any atom is 0.295 e. The number of likely N-dealkylation sites (tertiary alicyclic amines) is 1. The summed E-state index contributed by atoms with van der Waals surface area (Å²) < 4.78 is 38.8. The van der Waals surface area contributed by atoms with Crippen LogP contribution < -0.4 is 33.2 Å². The van der Waals surface area contributed by atoms with Crippen molar-refractivity contribution >= 4 is 17.4 Å². The molecule has 1 amide bonds. The fourth-order valence-electron chi connectivity index (χ4n) is 5.28. The highest BCUT2D eigenvalue weighted by Gasteiger charge is 2.47. The summed E-state index contributed by atoms with van der Waals surface area (Å²) in [5.74, 6) is 1.38. The van der Waals surface area contributed by atoms with Gasteiger partial charge in [-0.1, -0.05) is 6.07 Å². The predicted octanol–water partition coefficient (Wildman–Crippen LogP) is 3.55. The van der Waals surface area contributed by atoms with Crippen LogP contribution >= 0.6 is 0 Å². The van der Waals surface area contributed by atoms with Crippen LogP contribution in [-0.2, 0) is 16.1 Å². The van der Waals surface area contributed by atoms with E-state index in [0.29, 0.717) is 70.2 Å². The smallest absolute Gasteiger partial charge is 0.295 e. The Balaban J connectivity index is 1.37. The van der Waals surface area contributed by atoms with Gasteiger partial charge in [0.15, 0.2) is 34.5 Å². The number of ketones is 1. The van der Waals surface area contributed by atoms with Crippen LogP contribution in [0.2, 0.25) is 0 Å². The van der Waals surface area contributed by atoms with Gasteiger partial charge >= 0.3 is 0 Å². The zero-order chi connectivity index (χ0) is 27.4. The summed E-state index contributed by atoms with van der Waals surface area (Å²) >= 11 is 0. The Morgan fingerprint density at radius 2 is 1.55 bits per heavy atom. The molecule has 4 aliphatic heterocycles. The molecule has 3 aromatic carbocycles. The van der Waals surface area contributed by atoms with E-state index in [1.807, 2.05) is 0 Å². The lowest BCUT2D eigenvalue weighted by Gasteiger charge is -2.26. The Hall–Kier alpha value is -5.06. The second-order valence-electron chi connectivity index (χ2n) is 9.43. The van der Waals surface area contributed by atoms with Crippen LogP contribution in [0.5, 0.6) is 40.2 Å². The SMILES string of the molecule is COc1cc(C2C(=C(O)c3ccc4c(c3)OCCO4)C(=O)C(=O)N2Cc2ccc3c(c2)OCO3)cc2c1OCO2. The fourth-order valence-corrected chi connectivity index (χ4v) is 5.28. The number of hydrogen-bond donors (Lipinski definition) is 1. The van der Waals surface area contributed by atoms with Gasteiger partial charge < -0.3 is 43.2 Å². The second-order valence-corrected chi connectivity index (χ2v) is 9.43. The number of fused-ring (bicyclic) bond motifs is 3. The molecule has 0 radical (unpaired) electrons. The van der Waals surface area contributed by atoms with Crippen molar-refractivity contribution in [3.8, 4) is 40.2 Å². The van der Waals surface area contributed by atoms with Crippen molar-refractivity contribution in [2.45, 2.75) is 12.6 Å². The van der Waals surface area contributed by atoms with E-state index >= 15 is 0 Å². The molecule has 1 N–H and O–H groups in total. The number of aliphatic hydroxyl groups excluding tert-OH is 1. The molecule has 1 saturated heterocycles. The molecular formula is C29H23NO10. The van der Waals surface area contributed by atoms with Crippen molar-refractivity contribution in [2.75, 3.05) is 33.9 Å². The molecule has 4 aliphatic rings. The lowest BCUT2D eigenvalue weighted by Crippen LogP contribution is -2.29. The lowest BCUT2D eigenvalue weighted by molar-refractivity contribution is -0.140. The number of carbonyl (C=O) groups excluding carboxylic acids is 2. The Kier molecular flexibility index (Phi) is 5.58. The van der Waals surface area contributed by atoms with Crippen molar-refractivity contribution < 1.29 is 47.9 Å². The molecule has 11 heteroatoms. The first-order valence-electron chi connectivity index (χ1n) is 12.6. The summed E-state index contributed by atoms with van der Waals surface area (Å²) in [5, 5.41) is 11.5. The third-order valence-electron chi connectivity index (χ3n) is 7.14. The first-order chi connectivity index (χ1) is 19.5. The van der Waals surface area contributed by atoms with Crippen LogP contribution in [0.1, 0.15) is 22.7 Å². The minimum atomic E-state index is -0.970. The van der Waals surface area contributed by atoms with Crippen LogP contribution in [0.3, 0.4) is 0 Å². The number of rotatable bonds is 5. The summed E-state index contributed by atoms with van der Waals surface area (Å²) in [5.41, 5.74) is 1.44. The Morgan fingerprint density at radius 3 is 2.40 bits per heavy atom. The molecule has 0 aliphatic carbocycles. The van der Waals surface area contributed by atoms with Gasteiger partial charge in [0.1, 0.15) is 19.0 Å². The van der Waals surface area contributed by atoms with Gasteiger partial charge in [-0.05, 0) is 53.6 Å². The maximum absolute atomic E-state index is 13.6. The van der Waals surface area contributed by atoms with Crippen LogP contribution in [0.4, 0.5) is 0 Å². The molecule has 3 aromatic rings. The molecule has 204 valence electrons. The number of carbonyl (C=O) groups is 2. The molecule has 0 aromatic heterocycles. The van der Waals surface area contributed by atoms with Gasteiger partial charge in [0.2, 0.25) is 19.3 Å². The Morgan fingerprint density at radius 1 is 0.850 bits per heavy atom. The standard InChI is InChI=1S/C29H23NO10/c1-34-22-10-17(11-23-28(22)40-14-39-23)25-24(26(31)16-3-5-18-21(9-16)36-7-6-35-18)27(32)29(33)30(25)12-15-2-4-19-20(8-15)38-13-37-19/h2-5,8-11,25,31H,6-7,12-14H2,1H3. The highest BCUT2D eigenvalue weighted by Crippen LogP contribution is 2.48. The Bertz CT molecular complexity index is 1600. The van der Waals surface area contributed by atoms with E-state index in [9.17, 15) is 14.7 Å². The molecule has 0 spiro atoms. The minimum Gasteiger partial charge on any atom is -0.507 e. The number of Topliss-reactive ketones (excluding diaryl/α,β-unsaturated/α-hetero) is 1. The van der Waals surface area contributed by atoms with Gasteiger partial charge in [0, 0.05) is 12.1 Å². The number of aliphatic hydroxyl groups is 1. The monoisotopic (exact) mass is 545 g/mol. The van der Waals surface area contributed by atoms with E-state index < -0.39 is 17.7 Å². The zero-order valence-corrected chi connectivity index (χ0v) is 21.3.